The molecular formula is C21H8F14O. The molecule has 0 radical (unpaired) electrons. The van der Waals surface area contributed by atoms with Gasteiger partial charge in [0.25, 0.3) is 0 Å². The van der Waals surface area contributed by atoms with Gasteiger partial charge in [0, 0.05) is 10.9 Å². The molecule has 0 aliphatic carbocycles. The quantitative estimate of drug-likeness (QED) is 0.294. The zero-order valence-corrected chi connectivity index (χ0v) is 17.1. The van der Waals surface area contributed by atoms with Gasteiger partial charge in [0.2, 0.25) is 0 Å². The number of methoxy groups -OCH3 is 1. The summed E-state index contributed by atoms with van der Waals surface area (Å²) in [5.74, 6) is -21.7. The Bertz CT molecular complexity index is 1260. The topological polar surface area (TPSA) is 9.23 Å². The highest BCUT2D eigenvalue weighted by Crippen LogP contribution is 2.47. The van der Waals surface area contributed by atoms with Crippen LogP contribution in [-0.2, 0) is 0 Å². The maximum atomic E-state index is 13.6. The number of halogens is 14. The number of rotatable bonds is 3. The Labute approximate surface area is 192 Å². The number of fused-ring (bicyclic) bond motifs is 1. The molecule has 196 valence electrons. The number of hydrogen-bond acceptors (Lipinski definition) is 1. The van der Waals surface area contributed by atoms with E-state index in [2.05, 4.69) is 0 Å². The van der Waals surface area contributed by atoms with Crippen LogP contribution < -0.4 is 4.74 Å². The second-order valence-corrected chi connectivity index (χ2v) is 6.84. The third kappa shape index (κ3) is 4.96. The minimum absolute atomic E-state index is 0.396. The molecule has 0 saturated carbocycles. The molecule has 2 aromatic carbocycles. The van der Waals surface area contributed by atoms with Crippen molar-refractivity contribution in [3.05, 3.63) is 41.5 Å². The van der Waals surface area contributed by atoms with Gasteiger partial charge in [-0.15, -0.1) is 0 Å². The highest BCUT2D eigenvalue weighted by atomic mass is 19.4. The van der Waals surface area contributed by atoms with Gasteiger partial charge in [0.15, 0.2) is 0 Å². The van der Waals surface area contributed by atoms with Crippen LogP contribution in [0.25, 0.3) is 10.8 Å². The summed E-state index contributed by atoms with van der Waals surface area (Å²) in [6.45, 7) is 0. The van der Waals surface area contributed by atoms with Crippen molar-refractivity contribution in [2.75, 3.05) is 7.11 Å². The monoisotopic (exact) mass is 542 g/mol. The summed E-state index contributed by atoms with van der Waals surface area (Å²) in [6.07, 6.45) is -13.3. The van der Waals surface area contributed by atoms with Crippen LogP contribution >= 0.6 is 0 Å². The van der Waals surface area contributed by atoms with E-state index in [1.807, 2.05) is 0 Å². The van der Waals surface area contributed by atoms with Gasteiger partial charge in [-0.3, -0.25) is 0 Å². The Morgan fingerprint density at radius 1 is 0.583 bits per heavy atom. The largest absolute Gasteiger partial charge is 0.495 e. The van der Waals surface area contributed by atoms with Crippen LogP contribution in [0.4, 0.5) is 61.5 Å². The van der Waals surface area contributed by atoms with Gasteiger partial charge in [0.05, 0.1) is 12.7 Å². The fraction of sp³-hybridized carbons (Fsp3) is 0.333. The SMILES string of the molecule is COc1ccc2c(C#CC(F)(F)C(F)(F)C(F)(F)F)cccc2c1C#CC(F)(F)C(F)(F)C(F)(F)F. The average molecular weight is 542 g/mol. The van der Waals surface area contributed by atoms with Crippen molar-refractivity contribution < 1.29 is 66.2 Å². The van der Waals surface area contributed by atoms with Crippen LogP contribution in [0.1, 0.15) is 11.1 Å². The molecule has 0 spiro atoms. The summed E-state index contributed by atoms with van der Waals surface area (Å²) in [5, 5.41) is -0.821. The molecule has 0 unspecified atom stereocenters. The maximum Gasteiger partial charge on any atom is 0.461 e. The molecule has 0 atom stereocenters. The molecule has 36 heavy (non-hydrogen) atoms. The summed E-state index contributed by atoms with van der Waals surface area (Å²) >= 11 is 0. The molecule has 0 aromatic heterocycles. The van der Waals surface area contributed by atoms with Gasteiger partial charge < -0.3 is 4.74 Å². The van der Waals surface area contributed by atoms with E-state index < -0.39 is 63.7 Å². The van der Waals surface area contributed by atoms with Crippen molar-refractivity contribution in [1.82, 2.24) is 0 Å². The first-order valence-corrected chi connectivity index (χ1v) is 8.91. The van der Waals surface area contributed by atoms with Crippen molar-refractivity contribution in [3.63, 3.8) is 0 Å². The third-order valence-corrected chi connectivity index (χ3v) is 4.44. The fourth-order valence-electron chi connectivity index (χ4n) is 2.55. The third-order valence-electron chi connectivity index (χ3n) is 4.44. The van der Waals surface area contributed by atoms with Crippen LogP contribution in [0.15, 0.2) is 30.3 Å². The van der Waals surface area contributed by atoms with Gasteiger partial charge in [-0.1, -0.05) is 24.0 Å². The molecule has 2 rings (SSSR count). The lowest BCUT2D eigenvalue weighted by Crippen LogP contribution is -2.51. The predicted molar refractivity (Wildman–Crippen MR) is 96.2 cm³/mol. The summed E-state index contributed by atoms with van der Waals surface area (Å²) in [5.41, 5.74) is -1.42. The Kier molecular flexibility index (Phi) is 7.17. The second kappa shape index (κ2) is 8.94. The van der Waals surface area contributed by atoms with Crippen molar-refractivity contribution in [3.8, 4) is 29.4 Å². The first-order valence-electron chi connectivity index (χ1n) is 8.91. The van der Waals surface area contributed by atoms with E-state index in [1.54, 1.807) is 0 Å². The lowest BCUT2D eigenvalue weighted by molar-refractivity contribution is -0.339. The van der Waals surface area contributed by atoms with E-state index in [0.717, 1.165) is 37.4 Å². The first kappa shape index (κ1) is 28.9. The zero-order valence-electron chi connectivity index (χ0n) is 17.1. The van der Waals surface area contributed by atoms with Gasteiger partial charge in [0.1, 0.15) is 5.75 Å². The Morgan fingerprint density at radius 2 is 1.06 bits per heavy atom. The minimum atomic E-state index is -6.68. The predicted octanol–water partition coefficient (Wildman–Crippen LogP) is 7.22. The van der Waals surface area contributed by atoms with Gasteiger partial charge in [-0.25, -0.2) is 0 Å². The van der Waals surface area contributed by atoms with Crippen LogP contribution in [0.5, 0.6) is 5.75 Å². The van der Waals surface area contributed by atoms with E-state index in [9.17, 15) is 61.5 Å². The van der Waals surface area contributed by atoms with E-state index in [-0.39, 0.29) is 0 Å². The van der Waals surface area contributed by atoms with Crippen molar-refractivity contribution >= 4 is 10.8 Å². The molecule has 2 aromatic rings. The first-order chi connectivity index (χ1) is 16.1. The lowest BCUT2D eigenvalue weighted by atomic mass is 9.98. The van der Waals surface area contributed by atoms with Crippen LogP contribution in [0, 0.1) is 23.7 Å². The molecule has 0 N–H and O–H groups in total. The van der Waals surface area contributed by atoms with Crippen molar-refractivity contribution in [2.45, 2.75) is 36.0 Å². The molecular weight excluding hydrogens is 534 g/mol. The normalized spacial score (nSPS) is 13.5. The molecule has 15 heteroatoms. The highest BCUT2D eigenvalue weighted by molar-refractivity contribution is 5.94. The van der Waals surface area contributed by atoms with E-state index in [0.29, 0.717) is 11.8 Å². The van der Waals surface area contributed by atoms with Crippen LogP contribution in [-0.4, -0.2) is 43.2 Å². The maximum absolute atomic E-state index is 13.6. The summed E-state index contributed by atoms with van der Waals surface area (Å²) in [7, 11) is 0.915. The number of ether oxygens (including phenoxy) is 1. The molecule has 1 nitrogen and oxygen atoms in total. The van der Waals surface area contributed by atoms with E-state index >= 15 is 0 Å². The Hall–Kier alpha value is -3.36. The molecule has 0 aliphatic rings. The molecule has 0 fully saturated rings. The Balaban J connectivity index is 2.72. The summed E-state index contributed by atoms with van der Waals surface area (Å²) in [4.78, 5) is 0. The number of hydrogen-bond donors (Lipinski definition) is 0. The molecule has 0 saturated heterocycles. The molecule has 0 amide bonds. The van der Waals surface area contributed by atoms with Crippen LogP contribution in [0.3, 0.4) is 0 Å². The van der Waals surface area contributed by atoms with Crippen molar-refractivity contribution in [2.24, 2.45) is 0 Å². The standard InChI is InChI=1S/C21H8F14O/c1-36-15-6-5-12-11(7-9-16(22,23)18(26,27)20(30,31)32)3-2-4-13(12)14(15)8-10-17(24,25)19(28,29)21(33,34)35/h2-6H,1H3. The van der Waals surface area contributed by atoms with Crippen LogP contribution in [0.2, 0.25) is 0 Å². The average Bonchev–Trinajstić information content (AvgIpc) is 2.73. The van der Waals surface area contributed by atoms with Gasteiger partial charge in [-0.2, -0.15) is 61.5 Å². The number of alkyl halides is 14. The highest BCUT2D eigenvalue weighted by Gasteiger charge is 2.73. The number of benzene rings is 2. The van der Waals surface area contributed by atoms with E-state index in [1.165, 1.54) is 11.8 Å². The van der Waals surface area contributed by atoms with Gasteiger partial charge in [-0.05, 0) is 35.4 Å². The molecule has 0 aliphatic heterocycles. The summed E-state index contributed by atoms with van der Waals surface area (Å²) in [6, 6.07) is 4.54. The molecule has 0 bridgehead atoms. The smallest absolute Gasteiger partial charge is 0.461 e. The fourth-order valence-corrected chi connectivity index (χ4v) is 2.55. The van der Waals surface area contributed by atoms with Crippen molar-refractivity contribution in [1.29, 1.82) is 0 Å². The minimum Gasteiger partial charge on any atom is -0.495 e. The Morgan fingerprint density at radius 3 is 1.50 bits per heavy atom. The lowest BCUT2D eigenvalue weighted by Gasteiger charge is -2.24. The van der Waals surface area contributed by atoms with Gasteiger partial charge >= 0.3 is 36.0 Å². The second-order valence-electron chi connectivity index (χ2n) is 6.84. The molecule has 0 heterocycles. The summed E-state index contributed by atoms with van der Waals surface area (Å²) < 4.78 is 185. The van der Waals surface area contributed by atoms with E-state index in [4.69, 9.17) is 4.74 Å². The zero-order chi connectivity index (χ0) is 28.0.